The SMILES string of the molecule is C=CCc1ccc(CC)nc1.CC.CC.Cc1cc(F)cc(Cc2ccc(/C(N)=C(\C#N)C=NC(C)C)cc2)c1. The summed E-state index contributed by atoms with van der Waals surface area (Å²) in [4.78, 5) is 8.48. The fourth-order valence-electron chi connectivity index (χ4n) is 3.44. The Morgan fingerprint density at radius 1 is 1.02 bits per heavy atom. The summed E-state index contributed by atoms with van der Waals surface area (Å²) in [6.45, 7) is 19.5. The van der Waals surface area contributed by atoms with Crippen molar-refractivity contribution in [2.24, 2.45) is 10.7 Å². The van der Waals surface area contributed by atoms with Crippen molar-refractivity contribution >= 4 is 11.9 Å². The van der Waals surface area contributed by atoms with E-state index >= 15 is 0 Å². The van der Waals surface area contributed by atoms with Crippen molar-refractivity contribution in [1.29, 1.82) is 5.26 Å². The average Bonchev–Trinajstić information content (AvgIpc) is 2.96. The lowest BCUT2D eigenvalue weighted by molar-refractivity contribution is 0.624. The summed E-state index contributed by atoms with van der Waals surface area (Å²) in [5.41, 5.74) is 12.9. The number of hydrogen-bond acceptors (Lipinski definition) is 4. The number of benzene rings is 2. The van der Waals surface area contributed by atoms with Crippen LogP contribution in [0.5, 0.6) is 0 Å². The largest absolute Gasteiger partial charge is 0.397 e. The van der Waals surface area contributed by atoms with Crippen molar-refractivity contribution in [1.82, 2.24) is 4.98 Å². The van der Waals surface area contributed by atoms with Gasteiger partial charge in [0.2, 0.25) is 0 Å². The molecule has 0 amide bonds. The standard InChI is InChI=1S/C21H22FN3.C10H13N.2C2H6/c1-14(2)25-13-19(12-23)21(24)18-6-4-16(5-7-18)10-17-8-15(3)9-20(22)11-17;1-3-5-9-6-7-10(4-2)11-8-9;2*1-2/h4-9,11,13-14H,10,24H2,1-3H3;3,6-8H,1,4-5H2,2H3;2*1-2H3/b21-19-,25-13?;;;. The molecule has 0 unspecified atom stereocenters. The zero-order chi connectivity index (χ0) is 30.5. The van der Waals surface area contributed by atoms with Crippen molar-refractivity contribution in [2.45, 2.75) is 80.7 Å². The van der Waals surface area contributed by atoms with Crippen LogP contribution in [0.15, 0.2) is 84.0 Å². The number of pyridine rings is 1. The quantitative estimate of drug-likeness (QED) is 0.175. The van der Waals surface area contributed by atoms with Crippen molar-refractivity contribution in [3.8, 4) is 6.07 Å². The third kappa shape index (κ3) is 13.7. The van der Waals surface area contributed by atoms with Crippen LogP contribution in [0, 0.1) is 24.1 Å². The van der Waals surface area contributed by atoms with Gasteiger partial charge in [-0.2, -0.15) is 5.26 Å². The van der Waals surface area contributed by atoms with E-state index < -0.39 is 0 Å². The molecule has 3 rings (SSSR count). The zero-order valence-electron chi connectivity index (χ0n) is 25.6. The fourth-order valence-corrected chi connectivity index (χ4v) is 3.44. The minimum Gasteiger partial charge on any atom is -0.397 e. The van der Waals surface area contributed by atoms with Gasteiger partial charge in [0.05, 0.1) is 11.3 Å². The number of aromatic nitrogens is 1. The molecule has 0 spiro atoms. The predicted molar refractivity (Wildman–Crippen MR) is 171 cm³/mol. The number of nitrogens with two attached hydrogens (primary N) is 1. The third-order valence-electron chi connectivity index (χ3n) is 5.32. The lowest BCUT2D eigenvalue weighted by Crippen LogP contribution is -2.03. The Morgan fingerprint density at radius 2 is 1.65 bits per heavy atom. The molecule has 0 aliphatic carbocycles. The molecular weight excluding hydrogens is 495 g/mol. The first kappa shape index (κ1) is 36.0. The van der Waals surface area contributed by atoms with Crippen LogP contribution in [0.4, 0.5) is 4.39 Å². The molecule has 4 nitrogen and oxygen atoms in total. The maximum absolute atomic E-state index is 13.5. The smallest absolute Gasteiger partial charge is 0.123 e. The van der Waals surface area contributed by atoms with Crippen LogP contribution in [0.1, 0.15) is 82.0 Å². The first-order valence-corrected chi connectivity index (χ1v) is 14.1. The summed E-state index contributed by atoms with van der Waals surface area (Å²) in [5.74, 6) is -0.220. The van der Waals surface area contributed by atoms with Crippen LogP contribution >= 0.6 is 0 Å². The second-order valence-corrected chi connectivity index (χ2v) is 8.83. The summed E-state index contributed by atoms with van der Waals surface area (Å²) in [6, 6.07) is 19.0. The molecule has 0 aliphatic rings. The predicted octanol–water partition coefficient (Wildman–Crippen LogP) is 8.82. The van der Waals surface area contributed by atoms with E-state index in [2.05, 4.69) is 41.7 Å². The van der Waals surface area contributed by atoms with Crippen molar-refractivity contribution in [2.75, 3.05) is 0 Å². The van der Waals surface area contributed by atoms with E-state index in [1.54, 1.807) is 6.07 Å². The van der Waals surface area contributed by atoms with E-state index in [0.29, 0.717) is 17.7 Å². The van der Waals surface area contributed by atoms with Crippen molar-refractivity contribution in [3.05, 3.63) is 118 Å². The summed E-state index contributed by atoms with van der Waals surface area (Å²) >= 11 is 0. The van der Waals surface area contributed by atoms with Gasteiger partial charge >= 0.3 is 0 Å². The molecule has 0 radical (unpaired) electrons. The molecular formula is C35H47FN4. The number of hydrogen-bond donors (Lipinski definition) is 1. The summed E-state index contributed by atoms with van der Waals surface area (Å²) < 4.78 is 13.5. The molecule has 3 aromatic rings. The second kappa shape index (κ2) is 20.9. The molecule has 0 aliphatic heterocycles. The van der Waals surface area contributed by atoms with Crippen LogP contribution in [0.3, 0.4) is 0 Å². The monoisotopic (exact) mass is 542 g/mol. The average molecular weight is 543 g/mol. The fraction of sp³-hybridized carbons (Fsp3) is 0.343. The number of allylic oxidation sites excluding steroid dienone is 2. The van der Waals surface area contributed by atoms with Gasteiger partial charge in [0, 0.05) is 24.1 Å². The minimum absolute atomic E-state index is 0.105. The minimum atomic E-state index is -0.220. The lowest BCUT2D eigenvalue weighted by atomic mass is 10.0. The summed E-state index contributed by atoms with van der Waals surface area (Å²) in [6.07, 6.45) is 7.89. The van der Waals surface area contributed by atoms with Crippen LogP contribution < -0.4 is 5.73 Å². The van der Waals surface area contributed by atoms with Gasteiger partial charge in [-0.3, -0.25) is 9.98 Å². The van der Waals surface area contributed by atoms with Crippen LogP contribution in [0.2, 0.25) is 0 Å². The lowest BCUT2D eigenvalue weighted by Gasteiger charge is -2.07. The van der Waals surface area contributed by atoms with E-state index in [4.69, 9.17) is 5.73 Å². The molecule has 2 aromatic carbocycles. The summed E-state index contributed by atoms with van der Waals surface area (Å²) in [5, 5.41) is 9.26. The second-order valence-electron chi connectivity index (χ2n) is 8.83. The Morgan fingerprint density at radius 3 is 2.12 bits per heavy atom. The van der Waals surface area contributed by atoms with Gasteiger partial charge in [-0.05, 0) is 86.1 Å². The highest BCUT2D eigenvalue weighted by atomic mass is 19.1. The van der Waals surface area contributed by atoms with Gasteiger partial charge in [-0.1, -0.05) is 77.1 Å². The van der Waals surface area contributed by atoms with Gasteiger partial charge in [-0.15, -0.1) is 6.58 Å². The number of rotatable bonds is 8. The number of aliphatic imine (C=N–C) groups is 1. The third-order valence-corrected chi connectivity index (χ3v) is 5.32. The molecule has 2 N–H and O–H groups in total. The summed E-state index contributed by atoms with van der Waals surface area (Å²) in [7, 11) is 0. The number of aryl methyl sites for hydroxylation is 2. The molecule has 1 heterocycles. The van der Waals surface area contributed by atoms with Crippen LogP contribution in [-0.4, -0.2) is 17.2 Å². The normalized spacial score (nSPS) is 10.6. The van der Waals surface area contributed by atoms with Crippen molar-refractivity contribution < 1.29 is 4.39 Å². The van der Waals surface area contributed by atoms with Crippen LogP contribution in [0.25, 0.3) is 5.70 Å². The van der Waals surface area contributed by atoms with Crippen LogP contribution in [-0.2, 0) is 19.3 Å². The van der Waals surface area contributed by atoms with E-state index in [1.165, 1.54) is 17.8 Å². The van der Waals surface area contributed by atoms with E-state index in [1.807, 2.05) is 91.1 Å². The molecule has 0 bridgehead atoms. The molecule has 40 heavy (non-hydrogen) atoms. The first-order chi connectivity index (χ1) is 19.2. The number of nitriles is 1. The Labute approximate surface area is 242 Å². The molecule has 0 saturated heterocycles. The van der Waals surface area contributed by atoms with Gasteiger partial charge < -0.3 is 5.73 Å². The highest BCUT2D eigenvalue weighted by Gasteiger charge is 2.06. The van der Waals surface area contributed by atoms with E-state index in [0.717, 1.165) is 40.8 Å². The van der Waals surface area contributed by atoms with Gasteiger partial charge in [0.1, 0.15) is 11.9 Å². The highest BCUT2D eigenvalue weighted by Crippen LogP contribution is 2.17. The van der Waals surface area contributed by atoms with Gasteiger partial charge in [0.15, 0.2) is 0 Å². The Bertz CT molecular complexity index is 1210. The molecule has 0 saturated carbocycles. The molecule has 0 fully saturated rings. The van der Waals surface area contributed by atoms with E-state index in [9.17, 15) is 9.65 Å². The maximum Gasteiger partial charge on any atom is 0.123 e. The number of halogens is 1. The molecule has 214 valence electrons. The number of nitrogens with zero attached hydrogens (tertiary/aromatic N) is 3. The zero-order valence-corrected chi connectivity index (χ0v) is 25.6. The Balaban J connectivity index is 0.000000844. The van der Waals surface area contributed by atoms with Gasteiger partial charge in [-0.25, -0.2) is 4.39 Å². The van der Waals surface area contributed by atoms with Gasteiger partial charge in [0.25, 0.3) is 0 Å². The first-order valence-electron chi connectivity index (χ1n) is 14.1. The maximum atomic E-state index is 13.5. The van der Waals surface area contributed by atoms with E-state index in [-0.39, 0.29) is 11.9 Å². The van der Waals surface area contributed by atoms with Crippen molar-refractivity contribution in [3.63, 3.8) is 0 Å². The molecule has 1 aromatic heterocycles. The Kier molecular flexibility index (Phi) is 18.8. The molecule has 0 atom stereocenters. The highest BCUT2D eigenvalue weighted by molar-refractivity contribution is 5.94. The topological polar surface area (TPSA) is 75.1 Å². The molecule has 5 heteroatoms. The Hall–Kier alpha value is -4.04.